The topological polar surface area (TPSA) is 87.7 Å². The van der Waals surface area contributed by atoms with E-state index in [1.54, 1.807) is 6.92 Å². The number of hydrogen-bond donors (Lipinski definition) is 3. The van der Waals surface area contributed by atoms with Crippen molar-refractivity contribution >= 4 is 17.7 Å². The van der Waals surface area contributed by atoms with Gasteiger partial charge in [0, 0.05) is 23.3 Å². The summed E-state index contributed by atoms with van der Waals surface area (Å²) in [4.78, 5) is 23.5. The molecule has 29 heavy (non-hydrogen) atoms. The van der Waals surface area contributed by atoms with Crippen LogP contribution in [0, 0.1) is 25.2 Å². The van der Waals surface area contributed by atoms with Gasteiger partial charge in [0.2, 0.25) is 0 Å². The van der Waals surface area contributed by atoms with E-state index in [2.05, 4.69) is 23.5 Å². The summed E-state index contributed by atoms with van der Waals surface area (Å²) in [5, 5.41) is 15.8. The van der Waals surface area contributed by atoms with Crippen LogP contribution in [0.2, 0.25) is 0 Å². The van der Waals surface area contributed by atoms with Crippen LogP contribution in [0.3, 0.4) is 0 Å². The molecule has 6 nitrogen and oxygen atoms in total. The lowest BCUT2D eigenvalue weighted by atomic mass is 9.82. The number of carbonyl (C=O) groups excluding carboxylic acids is 1. The lowest BCUT2D eigenvalue weighted by Crippen LogP contribution is -2.42. The molecule has 1 aliphatic carbocycles. The third-order valence-electron chi connectivity index (χ3n) is 5.39. The van der Waals surface area contributed by atoms with E-state index >= 15 is 0 Å². The van der Waals surface area contributed by atoms with Crippen LogP contribution in [-0.2, 0) is 4.74 Å². The lowest BCUT2D eigenvalue weighted by Gasteiger charge is -2.34. The zero-order chi connectivity index (χ0) is 21.8. The number of carbonyl (C=O) groups is 2. The number of carboxylic acid groups (broad SMARTS) is 1. The van der Waals surface area contributed by atoms with Gasteiger partial charge < -0.3 is 20.5 Å². The van der Waals surface area contributed by atoms with Crippen molar-refractivity contribution < 1.29 is 19.4 Å². The van der Waals surface area contributed by atoms with Crippen LogP contribution < -0.4 is 10.6 Å². The van der Waals surface area contributed by atoms with Gasteiger partial charge in [0.1, 0.15) is 5.60 Å². The van der Waals surface area contributed by atoms with Crippen molar-refractivity contribution in [1.29, 1.82) is 0 Å². The van der Waals surface area contributed by atoms with Crippen LogP contribution in [0.4, 0.5) is 10.5 Å². The van der Waals surface area contributed by atoms with Crippen molar-refractivity contribution in [2.75, 3.05) is 5.32 Å². The Kier molecular flexibility index (Phi) is 7.18. The molecule has 158 valence electrons. The van der Waals surface area contributed by atoms with Gasteiger partial charge in [0.05, 0.1) is 5.56 Å². The Bertz CT molecular complexity index is 796. The van der Waals surface area contributed by atoms with Crippen molar-refractivity contribution in [1.82, 2.24) is 5.32 Å². The zero-order valence-electron chi connectivity index (χ0n) is 18.0. The highest BCUT2D eigenvalue weighted by molar-refractivity contribution is 5.92. The highest BCUT2D eigenvalue weighted by Crippen LogP contribution is 2.30. The fourth-order valence-corrected chi connectivity index (χ4v) is 3.77. The molecule has 1 atom stereocenters. The Morgan fingerprint density at radius 3 is 2.38 bits per heavy atom. The average molecular weight is 401 g/mol. The first-order chi connectivity index (χ1) is 13.5. The molecule has 0 saturated heterocycles. The van der Waals surface area contributed by atoms with Crippen LogP contribution in [-0.4, -0.2) is 34.9 Å². The van der Waals surface area contributed by atoms with Gasteiger partial charge in [-0.05, 0) is 83.9 Å². The molecule has 0 aromatic heterocycles. The maximum absolute atomic E-state index is 12.0. The second kappa shape index (κ2) is 9.21. The van der Waals surface area contributed by atoms with E-state index in [1.807, 2.05) is 26.8 Å². The molecule has 0 aliphatic heterocycles. The third kappa shape index (κ3) is 6.42. The molecule has 2 rings (SSSR count). The summed E-state index contributed by atoms with van der Waals surface area (Å²) in [6, 6.07) is 3.64. The molecule has 1 aliphatic rings. The van der Waals surface area contributed by atoms with E-state index in [-0.39, 0.29) is 23.7 Å². The van der Waals surface area contributed by atoms with E-state index in [0.717, 1.165) is 31.4 Å². The Morgan fingerprint density at radius 2 is 1.86 bits per heavy atom. The molecule has 3 N–H and O–H groups in total. The molecule has 1 aromatic carbocycles. The van der Waals surface area contributed by atoms with E-state index < -0.39 is 11.6 Å². The van der Waals surface area contributed by atoms with E-state index in [4.69, 9.17) is 11.2 Å². The molecule has 0 heterocycles. The summed E-state index contributed by atoms with van der Waals surface area (Å²) in [6.45, 7) is 9.45. The number of rotatable bonds is 5. The van der Waals surface area contributed by atoms with E-state index in [9.17, 15) is 14.7 Å². The minimum absolute atomic E-state index is 0.124. The van der Waals surface area contributed by atoms with Crippen LogP contribution in [0.5, 0.6) is 0 Å². The number of ether oxygens (including phenoxy) is 1. The van der Waals surface area contributed by atoms with Crippen molar-refractivity contribution in [3.8, 4) is 12.3 Å². The van der Waals surface area contributed by atoms with Crippen molar-refractivity contribution in [3.63, 3.8) is 0 Å². The minimum Gasteiger partial charge on any atom is -0.478 e. The van der Waals surface area contributed by atoms with E-state index in [0.29, 0.717) is 17.0 Å². The fraction of sp³-hybridized carbons (Fsp3) is 0.565. The second-order valence-electron chi connectivity index (χ2n) is 8.84. The summed E-state index contributed by atoms with van der Waals surface area (Å²) in [5.41, 5.74) is 1.72. The molecule has 0 bridgehead atoms. The van der Waals surface area contributed by atoms with Crippen molar-refractivity contribution in [3.05, 3.63) is 28.8 Å². The number of aromatic carboxylic acids is 1. The van der Waals surface area contributed by atoms with Crippen LogP contribution in [0.25, 0.3) is 0 Å². The maximum atomic E-state index is 12.0. The number of amides is 1. The number of alkyl carbamates (subject to hydrolysis) is 1. The number of carboxylic acids is 1. The molecule has 6 heteroatoms. The largest absolute Gasteiger partial charge is 0.478 e. The predicted molar refractivity (Wildman–Crippen MR) is 114 cm³/mol. The molecule has 1 saturated carbocycles. The SMILES string of the molecule is C#Cc1cc(N[C@H](C)C2CCC(NC(=O)OC(C)(C)C)CC2)c(C)c(C(=O)O)c1. The molecular weight excluding hydrogens is 368 g/mol. The van der Waals surface area contributed by atoms with Gasteiger partial charge in [-0.3, -0.25) is 0 Å². The number of nitrogens with one attached hydrogen (secondary N) is 2. The Morgan fingerprint density at radius 1 is 1.24 bits per heavy atom. The molecule has 0 unspecified atom stereocenters. The highest BCUT2D eigenvalue weighted by Gasteiger charge is 2.28. The third-order valence-corrected chi connectivity index (χ3v) is 5.39. The van der Waals surface area contributed by atoms with Gasteiger partial charge >= 0.3 is 12.1 Å². The average Bonchev–Trinajstić information content (AvgIpc) is 2.62. The molecule has 1 amide bonds. The van der Waals surface area contributed by atoms with Crippen molar-refractivity contribution in [2.45, 2.75) is 78.0 Å². The summed E-state index contributed by atoms with van der Waals surface area (Å²) in [5.74, 6) is 1.97. The van der Waals surface area contributed by atoms with Crippen molar-refractivity contribution in [2.24, 2.45) is 5.92 Å². The summed E-state index contributed by atoms with van der Waals surface area (Å²) >= 11 is 0. The zero-order valence-corrected chi connectivity index (χ0v) is 18.0. The Hall–Kier alpha value is -2.68. The molecular formula is C23H32N2O4. The summed E-state index contributed by atoms with van der Waals surface area (Å²) < 4.78 is 5.33. The number of hydrogen-bond acceptors (Lipinski definition) is 4. The van der Waals surface area contributed by atoms with Crippen LogP contribution >= 0.6 is 0 Å². The predicted octanol–water partition coefficient (Wildman–Crippen LogP) is 4.56. The first-order valence-electron chi connectivity index (χ1n) is 10.1. The fourth-order valence-electron chi connectivity index (χ4n) is 3.77. The van der Waals surface area contributed by atoms with E-state index in [1.165, 1.54) is 6.07 Å². The van der Waals surface area contributed by atoms with Gasteiger partial charge in [0.15, 0.2) is 0 Å². The molecule has 1 aromatic rings. The standard InChI is InChI=1S/C23H32N2O4/c1-7-16-12-19(21(26)27)14(2)20(13-16)24-15(3)17-8-10-18(11-9-17)25-22(28)29-23(4,5)6/h1,12-13,15,17-18,24H,8-11H2,2-6H3,(H,25,28)(H,26,27)/t15-,17?,18?/m1/s1. The first kappa shape index (κ1) is 22.6. The smallest absolute Gasteiger partial charge is 0.407 e. The Labute approximate surface area is 173 Å². The maximum Gasteiger partial charge on any atom is 0.407 e. The number of terminal acetylenes is 1. The summed E-state index contributed by atoms with van der Waals surface area (Å²) in [6.07, 6.45) is 8.83. The first-order valence-corrected chi connectivity index (χ1v) is 10.1. The number of benzene rings is 1. The minimum atomic E-state index is -0.982. The quantitative estimate of drug-likeness (QED) is 0.631. The lowest BCUT2D eigenvalue weighted by molar-refractivity contribution is 0.0486. The van der Waals surface area contributed by atoms with Gasteiger partial charge in [-0.1, -0.05) is 5.92 Å². The Balaban J connectivity index is 1.96. The normalized spacial score (nSPS) is 20.3. The van der Waals surface area contributed by atoms with Gasteiger partial charge in [-0.2, -0.15) is 0 Å². The van der Waals surface area contributed by atoms with Gasteiger partial charge in [-0.25, -0.2) is 9.59 Å². The van der Waals surface area contributed by atoms with Crippen LogP contribution in [0.15, 0.2) is 12.1 Å². The van der Waals surface area contributed by atoms with Crippen LogP contribution in [0.1, 0.15) is 74.9 Å². The summed E-state index contributed by atoms with van der Waals surface area (Å²) in [7, 11) is 0. The molecule has 1 fully saturated rings. The monoisotopic (exact) mass is 400 g/mol. The van der Waals surface area contributed by atoms with Gasteiger partial charge in [-0.15, -0.1) is 6.42 Å². The highest BCUT2D eigenvalue weighted by atomic mass is 16.6. The molecule has 0 radical (unpaired) electrons. The second-order valence-corrected chi connectivity index (χ2v) is 8.84. The number of anilines is 1. The van der Waals surface area contributed by atoms with Gasteiger partial charge in [0.25, 0.3) is 0 Å². The molecule has 0 spiro atoms.